The van der Waals surface area contributed by atoms with Crippen molar-refractivity contribution in [3.05, 3.63) is 106 Å². The number of ether oxygens (including phenoxy) is 2. The number of hydrogen-bond donors (Lipinski definition) is 2. The van der Waals surface area contributed by atoms with Gasteiger partial charge in [0.1, 0.15) is 11.6 Å². The Morgan fingerprint density at radius 1 is 1.17 bits per heavy atom. The van der Waals surface area contributed by atoms with Gasteiger partial charge in [0.15, 0.2) is 5.78 Å². The van der Waals surface area contributed by atoms with Crippen LogP contribution in [-0.2, 0) is 20.9 Å². The van der Waals surface area contributed by atoms with E-state index in [4.69, 9.17) is 15.2 Å². The van der Waals surface area contributed by atoms with Crippen LogP contribution in [0.1, 0.15) is 48.0 Å². The van der Waals surface area contributed by atoms with Crippen LogP contribution in [0.25, 0.3) is 10.9 Å². The fourth-order valence-corrected chi connectivity index (χ4v) is 5.54. The number of rotatable bonds is 8. The molecule has 1 amide bonds. The van der Waals surface area contributed by atoms with Gasteiger partial charge in [0.05, 0.1) is 30.7 Å². The molecule has 3 aromatic rings. The van der Waals surface area contributed by atoms with Crippen molar-refractivity contribution < 1.29 is 23.9 Å². The molecule has 0 fully saturated rings. The Balaban J connectivity index is 1.78. The number of amides is 1. The monoisotopic (exact) mass is 569 g/mol. The molecule has 3 heterocycles. The Morgan fingerprint density at radius 2 is 1.93 bits per heavy atom. The number of hydrogen-bond acceptors (Lipinski definition) is 9. The third-order valence-electron chi connectivity index (χ3n) is 7.40. The SMILES string of the molecule is C=CCn1c(=O)c(C2C(C(=O)OCC)=C(N)N(NC(=O)c3ccncc3)C3=C2C(=O)CCC3)cc2cc(OC)ccc21. The van der Waals surface area contributed by atoms with E-state index in [9.17, 15) is 19.2 Å². The summed E-state index contributed by atoms with van der Waals surface area (Å²) in [6.07, 6.45) is 5.64. The van der Waals surface area contributed by atoms with Gasteiger partial charge in [-0.25, -0.2) is 9.80 Å². The highest BCUT2D eigenvalue weighted by Gasteiger charge is 2.44. The summed E-state index contributed by atoms with van der Waals surface area (Å²) < 4.78 is 12.3. The highest BCUT2D eigenvalue weighted by Crippen LogP contribution is 2.44. The third kappa shape index (κ3) is 4.93. The largest absolute Gasteiger partial charge is 0.497 e. The highest BCUT2D eigenvalue weighted by molar-refractivity contribution is 6.04. The van der Waals surface area contributed by atoms with Crippen molar-refractivity contribution in [3.63, 3.8) is 0 Å². The summed E-state index contributed by atoms with van der Waals surface area (Å²) in [6, 6.07) is 10.0. The third-order valence-corrected chi connectivity index (χ3v) is 7.40. The predicted molar refractivity (Wildman–Crippen MR) is 155 cm³/mol. The van der Waals surface area contributed by atoms with Crippen molar-refractivity contribution in [1.29, 1.82) is 0 Å². The molecular weight excluding hydrogens is 538 g/mol. The van der Waals surface area contributed by atoms with E-state index in [-0.39, 0.29) is 47.9 Å². The van der Waals surface area contributed by atoms with Gasteiger partial charge < -0.3 is 19.8 Å². The average Bonchev–Trinajstić information content (AvgIpc) is 3.00. The maximum Gasteiger partial charge on any atom is 0.338 e. The minimum atomic E-state index is -1.12. The van der Waals surface area contributed by atoms with Gasteiger partial charge in [-0.2, -0.15) is 0 Å². The summed E-state index contributed by atoms with van der Waals surface area (Å²) in [5.41, 5.74) is 10.6. The first-order chi connectivity index (χ1) is 20.3. The number of carbonyl (C=O) groups is 3. The standard InChI is InChI=1S/C31H31N5O6/c1-4-15-35-22-10-9-20(41-3)16-19(22)17-21(30(35)39)25-26-23(7-6-8-24(26)37)36(28(32)27(25)31(40)42-5-2)34-29(38)18-11-13-33-14-12-18/h4,9-14,16-17,25H,1,5-8,15,32H2,2-3H3,(H,34,38). The molecule has 2 aromatic heterocycles. The second-order valence-corrected chi connectivity index (χ2v) is 9.83. The van der Waals surface area contributed by atoms with E-state index in [1.807, 2.05) is 0 Å². The Labute approximate surface area is 241 Å². The number of nitrogens with zero attached hydrogens (tertiary/aromatic N) is 3. The first-order valence-corrected chi connectivity index (χ1v) is 13.6. The number of benzene rings is 1. The topological polar surface area (TPSA) is 146 Å². The molecule has 3 N–H and O–H groups in total. The lowest BCUT2D eigenvalue weighted by Crippen LogP contribution is -2.49. The molecule has 216 valence electrons. The van der Waals surface area contributed by atoms with Crippen LogP contribution in [0.15, 0.2) is 88.9 Å². The molecule has 0 spiro atoms. The number of fused-ring (bicyclic) bond motifs is 1. The number of aromatic nitrogens is 2. The van der Waals surface area contributed by atoms with Crippen LogP contribution in [0.5, 0.6) is 5.75 Å². The van der Waals surface area contributed by atoms with Gasteiger partial charge in [-0.15, -0.1) is 6.58 Å². The molecule has 1 aliphatic heterocycles. The number of Topliss-reactive ketones (excluding diaryl/α,β-unsaturated/α-hetero) is 1. The van der Waals surface area contributed by atoms with Gasteiger partial charge in [-0.05, 0) is 56.2 Å². The van der Waals surface area contributed by atoms with E-state index in [2.05, 4.69) is 17.0 Å². The maximum absolute atomic E-state index is 14.1. The molecule has 0 saturated heterocycles. The lowest BCUT2D eigenvalue weighted by molar-refractivity contribution is -0.139. The van der Waals surface area contributed by atoms with Crippen LogP contribution in [0.4, 0.5) is 0 Å². The van der Waals surface area contributed by atoms with E-state index in [1.165, 1.54) is 41.2 Å². The maximum atomic E-state index is 14.1. The Morgan fingerprint density at radius 3 is 2.62 bits per heavy atom. The van der Waals surface area contributed by atoms with Gasteiger partial charge in [-0.3, -0.25) is 24.8 Å². The number of allylic oxidation sites excluding steroid dienone is 3. The van der Waals surface area contributed by atoms with Gasteiger partial charge in [0.2, 0.25) is 0 Å². The van der Waals surface area contributed by atoms with Crippen molar-refractivity contribution in [2.45, 2.75) is 38.6 Å². The number of hydrazine groups is 1. The van der Waals surface area contributed by atoms with Crippen molar-refractivity contribution in [3.8, 4) is 5.75 Å². The number of esters is 1. The van der Waals surface area contributed by atoms with E-state index < -0.39 is 23.4 Å². The van der Waals surface area contributed by atoms with E-state index >= 15 is 0 Å². The Hall–Kier alpha value is -5.19. The molecular formula is C31H31N5O6. The van der Waals surface area contributed by atoms with Crippen molar-refractivity contribution in [2.24, 2.45) is 5.73 Å². The summed E-state index contributed by atoms with van der Waals surface area (Å²) in [4.78, 5) is 58.5. The molecule has 1 unspecified atom stereocenters. The highest BCUT2D eigenvalue weighted by atomic mass is 16.5. The quantitative estimate of drug-likeness (QED) is 0.309. The number of ketones is 1. The molecule has 5 rings (SSSR count). The molecule has 1 aromatic carbocycles. The van der Waals surface area contributed by atoms with Crippen LogP contribution < -0.4 is 21.5 Å². The van der Waals surface area contributed by atoms with Gasteiger partial charge in [0, 0.05) is 53.1 Å². The summed E-state index contributed by atoms with van der Waals surface area (Å²) in [5.74, 6) is -2.25. The molecule has 2 aliphatic rings. The van der Waals surface area contributed by atoms with E-state index in [1.54, 1.807) is 37.3 Å². The number of nitrogens with one attached hydrogen (secondary N) is 1. The zero-order valence-corrected chi connectivity index (χ0v) is 23.4. The lowest BCUT2D eigenvalue weighted by atomic mass is 9.75. The molecule has 1 atom stereocenters. The number of pyridine rings is 2. The molecule has 0 saturated carbocycles. The molecule has 0 radical (unpaired) electrons. The van der Waals surface area contributed by atoms with E-state index in [0.717, 1.165) is 0 Å². The fourth-order valence-electron chi connectivity index (χ4n) is 5.54. The zero-order chi connectivity index (χ0) is 30.0. The van der Waals surface area contributed by atoms with Gasteiger partial charge >= 0.3 is 5.97 Å². The van der Waals surface area contributed by atoms with Gasteiger partial charge in [0.25, 0.3) is 11.5 Å². The predicted octanol–water partition coefficient (Wildman–Crippen LogP) is 3.08. The van der Waals surface area contributed by atoms with Crippen LogP contribution in [-0.4, -0.2) is 45.9 Å². The second-order valence-electron chi connectivity index (χ2n) is 9.83. The van der Waals surface area contributed by atoms with Crippen LogP contribution >= 0.6 is 0 Å². The number of methoxy groups -OCH3 is 1. The summed E-state index contributed by atoms with van der Waals surface area (Å²) >= 11 is 0. The Kier molecular flexibility index (Phi) is 7.92. The molecule has 1 aliphatic carbocycles. The molecule has 42 heavy (non-hydrogen) atoms. The minimum Gasteiger partial charge on any atom is -0.497 e. The molecule has 11 heteroatoms. The van der Waals surface area contributed by atoms with Crippen molar-refractivity contribution in [2.75, 3.05) is 13.7 Å². The molecule has 11 nitrogen and oxygen atoms in total. The lowest BCUT2D eigenvalue weighted by Gasteiger charge is -2.40. The zero-order valence-electron chi connectivity index (χ0n) is 23.4. The average molecular weight is 570 g/mol. The first-order valence-electron chi connectivity index (χ1n) is 13.6. The van der Waals surface area contributed by atoms with Crippen LogP contribution in [0.3, 0.4) is 0 Å². The smallest absolute Gasteiger partial charge is 0.338 e. The molecule has 0 bridgehead atoms. The van der Waals surface area contributed by atoms with Crippen LogP contribution in [0.2, 0.25) is 0 Å². The minimum absolute atomic E-state index is 0.0289. The summed E-state index contributed by atoms with van der Waals surface area (Å²) in [7, 11) is 1.54. The number of carbonyl (C=O) groups excluding carboxylic acids is 3. The number of nitrogens with two attached hydrogens (primary N) is 1. The van der Waals surface area contributed by atoms with Crippen molar-refractivity contribution >= 4 is 28.6 Å². The summed E-state index contributed by atoms with van der Waals surface area (Å²) in [6.45, 7) is 5.66. The van der Waals surface area contributed by atoms with Gasteiger partial charge in [-0.1, -0.05) is 6.08 Å². The van der Waals surface area contributed by atoms with Crippen LogP contribution in [0, 0.1) is 0 Å². The first kappa shape index (κ1) is 28.3. The second kappa shape index (κ2) is 11.7. The fraction of sp³-hybridized carbons (Fsp3) is 0.258. The van der Waals surface area contributed by atoms with E-state index in [0.29, 0.717) is 40.8 Å². The Bertz CT molecular complexity index is 1720. The summed E-state index contributed by atoms with van der Waals surface area (Å²) in [5, 5.41) is 1.94. The normalized spacial score (nSPS) is 16.8. The van der Waals surface area contributed by atoms with Crippen molar-refractivity contribution in [1.82, 2.24) is 20.0 Å².